The van der Waals surface area contributed by atoms with E-state index in [1.54, 1.807) is 0 Å². The molecule has 1 rings (SSSR count). The lowest BCUT2D eigenvalue weighted by molar-refractivity contribution is 0.248. The Kier molecular flexibility index (Phi) is 7.87. The van der Waals surface area contributed by atoms with Crippen LogP contribution in [0.25, 0.3) is 0 Å². The van der Waals surface area contributed by atoms with Gasteiger partial charge in [0.2, 0.25) is 0 Å². The highest BCUT2D eigenvalue weighted by Gasteiger charge is 2.20. The lowest BCUT2D eigenvalue weighted by Gasteiger charge is -2.28. The molecule has 0 heterocycles. The van der Waals surface area contributed by atoms with Gasteiger partial charge < -0.3 is 10.4 Å². The zero-order valence-corrected chi connectivity index (χ0v) is 10.9. The Labute approximate surface area is 101 Å². The molecule has 0 atom stereocenters. The topological polar surface area (TPSA) is 32.3 Å². The Hall–Kier alpha value is -0.0800. The summed E-state index contributed by atoms with van der Waals surface area (Å²) in [5.74, 6) is 1.92. The minimum Gasteiger partial charge on any atom is -0.396 e. The molecular formula is C14H29NO. The van der Waals surface area contributed by atoms with Crippen molar-refractivity contribution in [1.29, 1.82) is 0 Å². The summed E-state index contributed by atoms with van der Waals surface area (Å²) in [4.78, 5) is 0. The van der Waals surface area contributed by atoms with E-state index in [0.29, 0.717) is 6.61 Å². The van der Waals surface area contributed by atoms with Crippen LogP contribution in [0, 0.1) is 11.8 Å². The van der Waals surface area contributed by atoms with Gasteiger partial charge in [-0.1, -0.05) is 39.0 Å². The standard InChI is InChI=1S/C14H29NO/c1-2-3-5-13-6-8-14(9-7-13)12-15-10-4-11-16/h13-16H,2-12H2,1H3. The average molecular weight is 227 g/mol. The normalized spacial score (nSPS) is 25.9. The van der Waals surface area contributed by atoms with Gasteiger partial charge in [0.05, 0.1) is 0 Å². The van der Waals surface area contributed by atoms with Crippen LogP contribution in [-0.4, -0.2) is 24.8 Å². The molecule has 0 aromatic heterocycles. The number of hydrogen-bond acceptors (Lipinski definition) is 2. The van der Waals surface area contributed by atoms with E-state index in [2.05, 4.69) is 12.2 Å². The predicted molar refractivity (Wildman–Crippen MR) is 69.5 cm³/mol. The molecule has 0 amide bonds. The summed E-state index contributed by atoms with van der Waals surface area (Å²) >= 11 is 0. The van der Waals surface area contributed by atoms with E-state index in [-0.39, 0.29) is 0 Å². The van der Waals surface area contributed by atoms with Gasteiger partial charge in [0.25, 0.3) is 0 Å². The molecule has 0 spiro atoms. The summed E-state index contributed by atoms with van der Waals surface area (Å²) in [7, 11) is 0. The van der Waals surface area contributed by atoms with Gasteiger partial charge in [-0.2, -0.15) is 0 Å². The molecule has 2 heteroatoms. The third-order valence-corrected chi connectivity index (χ3v) is 3.88. The van der Waals surface area contributed by atoms with E-state index in [1.807, 2.05) is 0 Å². The van der Waals surface area contributed by atoms with Gasteiger partial charge in [0.1, 0.15) is 0 Å². The fraction of sp³-hybridized carbons (Fsp3) is 1.00. The van der Waals surface area contributed by atoms with Crippen LogP contribution < -0.4 is 5.32 Å². The zero-order valence-electron chi connectivity index (χ0n) is 10.9. The van der Waals surface area contributed by atoms with Crippen molar-refractivity contribution in [2.24, 2.45) is 11.8 Å². The summed E-state index contributed by atoms with van der Waals surface area (Å²) in [6.45, 7) is 4.75. The average Bonchev–Trinajstić information content (AvgIpc) is 2.33. The predicted octanol–water partition coefficient (Wildman–Crippen LogP) is 2.96. The quantitative estimate of drug-likeness (QED) is 0.625. The van der Waals surface area contributed by atoms with Gasteiger partial charge in [-0.3, -0.25) is 0 Å². The summed E-state index contributed by atoms with van der Waals surface area (Å²) in [5.41, 5.74) is 0. The lowest BCUT2D eigenvalue weighted by atomic mass is 9.80. The maximum atomic E-state index is 8.68. The second kappa shape index (κ2) is 9.00. The minimum absolute atomic E-state index is 0.316. The molecule has 0 bridgehead atoms. The van der Waals surface area contributed by atoms with E-state index < -0.39 is 0 Å². The molecule has 0 aromatic carbocycles. The first-order chi connectivity index (χ1) is 7.86. The van der Waals surface area contributed by atoms with E-state index in [9.17, 15) is 0 Å². The van der Waals surface area contributed by atoms with Crippen molar-refractivity contribution in [3.05, 3.63) is 0 Å². The molecular weight excluding hydrogens is 198 g/mol. The van der Waals surface area contributed by atoms with Crippen molar-refractivity contribution in [2.75, 3.05) is 19.7 Å². The number of aliphatic hydroxyl groups is 1. The van der Waals surface area contributed by atoms with Crippen LogP contribution in [0.15, 0.2) is 0 Å². The summed E-state index contributed by atoms with van der Waals surface area (Å²) in [6.07, 6.45) is 10.9. The third kappa shape index (κ3) is 5.86. The molecule has 0 unspecified atom stereocenters. The maximum absolute atomic E-state index is 8.68. The van der Waals surface area contributed by atoms with Crippen LogP contribution in [0.2, 0.25) is 0 Å². The lowest BCUT2D eigenvalue weighted by Crippen LogP contribution is -2.27. The Morgan fingerprint density at radius 1 is 1.06 bits per heavy atom. The summed E-state index contributed by atoms with van der Waals surface area (Å²) in [5, 5.41) is 12.1. The van der Waals surface area contributed by atoms with Crippen molar-refractivity contribution >= 4 is 0 Å². The van der Waals surface area contributed by atoms with Crippen molar-refractivity contribution in [2.45, 2.75) is 58.3 Å². The van der Waals surface area contributed by atoms with E-state index in [4.69, 9.17) is 5.11 Å². The first kappa shape index (κ1) is 14.0. The fourth-order valence-electron chi connectivity index (χ4n) is 2.73. The van der Waals surface area contributed by atoms with Crippen LogP contribution in [0.3, 0.4) is 0 Å². The molecule has 1 saturated carbocycles. The number of unbranched alkanes of at least 4 members (excludes halogenated alkanes) is 1. The van der Waals surface area contributed by atoms with Crippen molar-refractivity contribution in [3.8, 4) is 0 Å². The highest BCUT2D eigenvalue weighted by Crippen LogP contribution is 2.31. The van der Waals surface area contributed by atoms with Crippen LogP contribution in [-0.2, 0) is 0 Å². The van der Waals surface area contributed by atoms with Crippen molar-refractivity contribution < 1.29 is 5.11 Å². The van der Waals surface area contributed by atoms with Gasteiger partial charge in [-0.05, 0) is 44.2 Å². The van der Waals surface area contributed by atoms with Crippen LogP contribution in [0.4, 0.5) is 0 Å². The SMILES string of the molecule is CCCCC1CCC(CNCCCO)CC1. The second-order valence-corrected chi connectivity index (χ2v) is 5.31. The fourth-order valence-corrected chi connectivity index (χ4v) is 2.73. The Morgan fingerprint density at radius 2 is 1.75 bits per heavy atom. The largest absolute Gasteiger partial charge is 0.396 e. The first-order valence-corrected chi connectivity index (χ1v) is 7.18. The summed E-state index contributed by atoms with van der Waals surface area (Å²) < 4.78 is 0. The molecule has 1 aliphatic rings. The van der Waals surface area contributed by atoms with Crippen molar-refractivity contribution in [1.82, 2.24) is 5.32 Å². The minimum atomic E-state index is 0.316. The molecule has 1 aliphatic carbocycles. The molecule has 0 aliphatic heterocycles. The van der Waals surface area contributed by atoms with E-state index >= 15 is 0 Å². The molecule has 0 radical (unpaired) electrons. The van der Waals surface area contributed by atoms with E-state index in [1.165, 1.54) is 51.5 Å². The second-order valence-electron chi connectivity index (χ2n) is 5.31. The number of aliphatic hydroxyl groups excluding tert-OH is 1. The van der Waals surface area contributed by atoms with Gasteiger partial charge in [0, 0.05) is 6.61 Å². The molecule has 2 N–H and O–H groups in total. The first-order valence-electron chi connectivity index (χ1n) is 7.18. The Morgan fingerprint density at radius 3 is 2.38 bits per heavy atom. The van der Waals surface area contributed by atoms with Crippen LogP contribution >= 0.6 is 0 Å². The Balaban J connectivity index is 1.98. The smallest absolute Gasteiger partial charge is 0.0443 e. The molecule has 16 heavy (non-hydrogen) atoms. The highest BCUT2D eigenvalue weighted by atomic mass is 16.3. The van der Waals surface area contributed by atoms with Crippen LogP contribution in [0.1, 0.15) is 58.3 Å². The van der Waals surface area contributed by atoms with Gasteiger partial charge >= 0.3 is 0 Å². The molecule has 1 fully saturated rings. The number of nitrogens with one attached hydrogen (secondary N) is 1. The van der Waals surface area contributed by atoms with Gasteiger partial charge in [-0.15, -0.1) is 0 Å². The van der Waals surface area contributed by atoms with Crippen molar-refractivity contribution in [3.63, 3.8) is 0 Å². The molecule has 0 saturated heterocycles. The Bertz CT molecular complexity index is 153. The summed E-state index contributed by atoms with van der Waals surface area (Å²) in [6, 6.07) is 0. The third-order valence-electron chi connectivity index (χ3n) is 3.88. The zero-order chi connectivity index (χ0) is 11.6. The number of hydrogen-bond donors (Lipinski definition) is 2. The number of rotatable bonds is 8. The van der Waals surface area contributed by atoms with E-state index in [0.717, 1.165) is 24.8 Å². The molecule has 0 aromatic rings. The molecule has 2 nitrogen and oxygen atoms in total. The maximum Gasteiger partial charge on any atom is 0.0443 e. The van der Waals surface area contributed by atoms with Crippen LogP contribution in [0.5, 0.6) is 0 Å². The monoisotopic (exact) mass is 227 g/mol. The highest BCUT2D eigenvalue weighted by molar-refractivity contribution is 4.74. The molecule has 96 valence electrons. The van der Waals surface area contributed by atoms with Gasteiger partial charge in [-0.25, -0.2) is 0 Å². The van der Waals surface area contributed by atoms with Gasteiger partial charge in [0.15, 0.2) is 0 Å².